The molecule has 0 aliphatic carbocycles. The maximum absolute atomic E-state index is 9.11. The van der Waals surface area contributed by atoms with Crippen LogP contribution in [0.5, 0.6) is 0 Å². The Kier molecular flexibility index (Phi) is 5.16. The number of nitrogens with one attached hydrogen (secondary N) is 1. The van der Waals surface area contributed by atoms with Gasteiger partial charge in [-0.15, -0.1) is 0 Å². The summed E-state index contributed by atoms with van der Waals surface area (Å²) in [5.74, 6) is 0. The van der Waals surface area contributed by atoms with Crippen LogP contribution in [0.4, 0.5) is 0 Å². The summed E-state index contributed by atoms with van der Waals surface area (Å²) in [5, 5.41) is 22.2. The molecule has 0 aromatic heterocycles. The van der Waals surface area contributed by atoms with Crippen molar-refractivity contribution in [2.45, 2.75) is 0 Å². The molecule has 17 heavy (non-hydrogen) atoms. The second-order valence-electron chi connectivity index (χ2n) is 2.97. The molecule has 0 amide bonds. The SMILES string of the molecule is NC(=S)NN=Cc1ccc(Cl)c(B(O)O)c1Cl. The summed E-state index contributed by atoms with van der Waals surface area (Å²) in [6.45, 7) is 0. The Morgan fingerprint density at radius 1 is 1.47 bits per heavy atom. The number of hydrogen-bond donors (Lipinski definition) is 4. The highest BCUT2D eigenvalue weighted by Gasteiger charge is 2.20. The van der Waals surface area contributed by atoms with Crippen molar-refractivity contribution in [3.63, 3.8) is 0 Å². The molecule has 0 saturated heterocycles. The molecule has 90 valence electrons. The van der Waals surface area contributed by atoms with Gasteiger partial charge in [0.15, 0.2) is 5.11 Å². The smallest absolute Gasteiger partial charge is 0.423 e. The third kappa shape index (κ3) is 3.83. The molecule has 0 radical (unpaired) electrons. The molecule has 0 bridgehead atoms. The Morgan fingerprint density at radius 3 is 2.65 bits per heavy atom. The van der Waals surface area contributed by atoms with E-state index in [9.17, 15) is 0 Å². The van der Waals surface area contributed by atoms with E-state index < -0.39 is 7.12 Å². The number of rotatable bonds is 3. The van der Waals surface area contributed by atoms with Gasteiger partial charge in [0.25, 0.3) is 0 Å². The second-order valence-corrected chi connectivity index (χ2v) is 4.20. The molecule has 1 rings (SSSR count). The third-order valence-corrected chi connectivity index (χ3v) is 2.64. The van der Waals surface area contributed by atoms with Crippen molar-refractivity contribution in [2.24, 2.45) is 10.8 Å². The molecule has 0 fully saturated rings. The monoisotopic (exact) mass is 291 g/mol. The summed E-state index contributed by atoms with van der Waals surface area (Å²) in [5.41, 5.74) is 7.98. The Hall–Kier alpha value is -0.855. The maximum Gasteiger partial charge on any atom is 0.491 e. The van der Waals surface area contributed by atoms with Crippen molar-refractivity contribution >= 4 is 59.3 Å². The van der Waals surface area contributed by atoms with Gasteiger partial charge >= 0.3 is 7.12 Å². The zero-order chi connectivity index (χ0) is 13.0. The predicted molar refractivity (Wildman–Crippen MR) is 73.8 cm³/mol. The van der Waals surface area contributed by atoms with Crippen LogP contribution in [-0.2, 0) is 0 Å². The zero-order valence-corrected chi connectivity index (χ0v) is 10.7. The summed E-state index contributed by atoms with van der Waals surface area (Å²) in [7, 11) is -1.76. The number of benzene rings is 1. The molecule has 5 N–H and O–H groups in total. The van der Waals surface area contributed by atoms with E-state index in [4.69, 9.17) is 39.0 Å². The standard InChI is InChI=1S/C8H8BCl2N3O2S/c10-5-2-1-4(3-13-14-8(12)17)7(11)6(5)9(15)16/h1-3,15-16H,(H3,12,14,17). The largest absolute Gasteiger partial charge is 0.491 e. The van der Waals surface area contributed by atoms with Gasteiger partial charge in [0.2, 0.25) is 0 Å². The topological polar surface area (TPSA) is 90.9 Å². The third-order valence-electron chi connectivity index (χ3n) is 1.79. The van der Waals surface area contributed by atoms with E-state index in [-0.39, 0.29) is 20.6 Å². The highest BCUT2D eigenvalue weighted by atomic mass is 35.5. The lowest BCUT2D eigenvalue weighted by molar-refractivity contribution is 0.426. The van der Waals surface area contributed by atoms with Crippen LogP contribution in [0.1, 0.15) is 5.56 Å². The fourth-order valence-corrected chi connectivity index (χ4v) is 1.76. The summed E-state index contributed by atoms with van der Waals surface area (Å²) in [4.78, 5) is 0. The number of thiocarbonyl (C=S) groups is 1. The average molecular weight is 292 g/mol. The first-order valence-electron chi connectivity index (χ1n) is 4.36. The Morgan fingerprint density at radius 2 is 2.12 bits per heavy atom. The molecule has 0 aliphatic heterocycles. The number of hydrogen-bond acceptors (Lipinski definition) is 4. The number of nitrogens with two attached hydrogens (primary N) is 1. The van der Waals surface area contributed by atoms with Crippen LogP contribution in [-0.4, -0.2) is 28.5 Å². The summed E-state index contributed by atoms with van der Waals surface area (Å²) in [6, 6.07) is 3.05. The fraction of sp³-hybridized carbons (Fsp3) is 0. The summed E-state index contributed by atoms with van der Waals surface area (Å²) >= 11 is 16.3. The second kappa shape index (κ2) is 6.18. The maximum atomic E-state index is 9.11. The van der Waals surface area contributed by atoms with Crippen molar-refractivity contribution in [1.29, 1.82) is 0 Å². The van der Waals surface area contributed by atoms with Gasteiger partial charge in [-0.05, 0) is 18.3 Å². The molecule has 0 aliphatic rings. The minimum atomic E-state index is -1.76. The van der Waals surface area contributed by atoms with E-state index in [1.807, 2.05) is 0 Å². The number of nitrogens with zero attached hydrogens (tertiary/aromatic N) is 1. The van der Waals surface area contributed by atoms with Crippen molar-refractivity contribution in [3.05, 3.63) is 27.7 Å². The molecule has 0 atom stereocenters. The lowest BCUT2D eigenvalue weighted by atomic mass is 9.79. The van der Waals surface area contributed by atoms with E-state index in [0.29, 0.717) is 5.56 Å². The summed E-state index contributed by atoms with van der Waals surface area (Å²) in [6.07, 6.45) is 1.34. The minimum Gasteiger partial charge on any atom is -0.423 e. The molecule has 0 saturated carbocycles. The predicted octanol–water partition coefficient (Wildman–Crippen LogP) is -0.160. The molecule has 1 aromatic rings. The Balaban J connectivity index is 3.06. The van der Waals surface area contributed by atoms with Crippen LogP contribution in [0.25, 0.3) is 0 Å². The number of hydrazone groups is 1. The van der Waals surface area contributed by atoms with Gasteiger partial charge in [-0.3, -0.25) is 5.43 Å². The van der Waals surface area contributed by atoms with Crippen molar-refractivity contribution in [1.82, 2.24) is 5.43 Å². The fourth-order valence-electron chi connectivity index (χ4n) is 1.09. The zero-order valence-electron chi connectivity index (χ0n) is 8.39. The lowest BCUT2D eigenvalue weighted by Crippen LogP contribution is -2.32. The first-order chi connectivity index (χ1) is 7.93. The summed E-state index contributed by atoms with van der Waals surface area (Å²) < 4.78 is 0. The van der Waals surface area contributed by atoms with Crippen LogP contribution in [0.3, 0.4) is 0 Å². The molecule has 1 aromatic carbocycles. The molecule has 0 spiro atoms. The average Bonchev–Trinajstić information content (AvgIpc) is 2.20. The van der Waals surface area contributed by atoms with Gasteiger partial charge in [0.05, 0.1) is 11.2 Å². The van der Waals surface area contributed by atoms with Gasteiger partial charge in [-0.1, -0.05) is 29.3 Å². The Bertz CT molecular complexity index is 470. The first kappa shape index (κ1) is 14.2. The Labute approximate surface area is 113 Å². The minimum absolute atomic E-state index is 0.00810. The molecule has 5 nitrogen and oxygen atoms in total. The van der Waals surface area contributed by atoms with E-state index in [2.05, 4.69) is 22.7 Å². The van der Waals surface area contributed by atoms with E-state index in [1.54, 1.807) is 6.07 Å². The van der Waals surface area contributed by atoms with Crippen molar-refractivity contribution in [2.75, 3.05) is 0 Å². The molecular formula is C8H8BCl2N3O2S. The lowest BCUT2D eigenvalue weighted by Gasteiger charge is -2.08. The molecular weight excluding hydrogens is 284 g/mol. The molecule has 9 heteroatoms. The van der Waals surface area contributed by atoms with Gasteiger partial charge in [0.1, 0.15) is 0 Å². The van der Waals surface area contributed by atoms with Gasteiger partial charge in [-0.25, -0.2) is 0 Å². The van der Waals surface area contributed by atoms with Crippen LogP contribution in [0.2, 0.25) is 10.0 Å². The normalized spacial score (nSPS) is 10.6. The molecule has 0 heterocycles. The quantitative estimate of drug-likeness (QED) is 0.269. The van der Waals surface area contributed by atoms with E-state index in [1.165, 1.54) is 12.3 Å². The van der Waals surface area contributed by atoms with E-state index in [0.717, 1.165) is 0 Å². The van der Waals surface area contributed by atoms with Crippen LogP contribution in [0.15, 0.2) is 17.2 Å². The van der Waals surface area contributed by atoms with Gasteiger partial charge < -0.3 is 15.8 Å². The van der Waals surface area contributed by atoms with Crippen molar-refractivity contribution < 1.29 is 10.0 Å². The van der Waals surface area contributed by atoms with E-state index >= 15 is 0 Å². The van der Waals surface area contributed by atoms with Gasteiger partial charge in [-0.2, -0.15) is 5.10 Å². The highest BCUT2D eigenvalue weighted by Crippen LogP contribution is 2.17. The number of halogens is 2. The van der Waals surface area contributed by atoms with Crippen molar-refractivity contribution in [3.8, 4) is 0 Å². The van der Waals surface area contributed by atoms with Crippen LogP contribution >= 0.6 is 35.4 Å². The van der Waals surface area contributed by atoms with Gasteiger partial charge in [0, 0.05) is 16.0 Å². The molecule has 0 unspecified atom stereocenters. The van der Waals surface area contributed by atoms with Crippen LogP contribution in [0, 0.1) is 0 Å². The van der Waals surface area contributed by atoms with Crippen LogP contribution < -0.4 is 16.6 Å². The highest BCUT2D eigenvalue weighted by molar-refractivity contribution is 7.80. The first-order valence-corrected chi connectivity index (χ1v) is 5.52.